The van der Waals surface area contributed by atoms with Gasteiger partial charge in [0.1, 0.15) is 0 Å². The van der Waals surface area contributed by atoms with Gasteiger partial charge >= 0.3 is 0 Å². The summed E-state index contributed by atoms with van der Waals surface area (Å²) in [6.07, 6.45) is 2.09. The van der Waals surface area contributed by atoms with Gasteiger partial charge in [0, 0.05) is 39.3 Å². The van der Waals surface area contributed by atoms with Crippen LogP contribution in [0.1, 0.15) is 30.9 Å². The van der Waals surface area contributed by atoms with Crippen molar-refractivity contribution in [3.63, 3.8) is 0 Å². The predicted molar refractivity (Wildman–Crippen MR) is 120 cm³/mol. The number of rotatable bonds is 11. The van der Waals surface area contributed by atoms with Crippen LogP contribution < -0.4 is 10.6 Å². The highest BCUT2D eigenvalue weighted by molar-refractivity contribution is 14.0. The Labute approximate surface area is 180 Å². The van der Waals surface area contributed by atoms with Crippen molar-refractivity contribution in [2.75, 3.05) is 46.6 Å². The molecule has 154 valence electrons. The molecule has 0 radical (unpaired) electrons. The summed E-state index contributed by atoms with van der Waals surface area (Å²) in [5, 5.41) is 6.65. The first-order valence-electron chi connectivity index (χ1n) is 9.56. The van der Waals surface area contributed by atoms with Gasteiger partial charge in [0.2, 0.25) is 0 Å². The zero-order chi connectivity index (χ0) is 18.5. The standard InChI is InChI=1S/C20H33N3O3.HI/c1-3-21-20(22-9-5-10-25-15-19-8-11-26-16-19)23-13-17-6-4-7-18(12-17)14-24-2;/h4,6-7,12,19H,3,5,8-11,13-16H2,1-2H3,(H2,21,22,23);1H. The fourth-order valence-corrected chi connectivity index (χ4v) is 2.84. The second-order valence-electron chi connectivity index (χ2n) is 6.53. The molecule has 7 heteroatoms. The predicted octanol–water partition coefficient (Wildman–Crippen LogP) is 2.95. The van der Waals surface area contributed by atoms with E-state index in [0.717, 1.165) is 58.3 Å². The molecular weight excluding hydrogens is 457 g/mol. The molecule has 0 saturated carbocycles. The lowest BCUT2D eigenvalue weighted by molar-refractivity contribution is 0.0888. The number of hydrogen-bond acceptors (Lipinski definition) is 4. The van der Waals surface area contributed by atoms with Crippen molar-refractivity contribution in [1.29, 1.82) is 0 Å². The third-order valence-electron chi connectivity index (χ3n) is 4.20. The molecule has 0 aliphatic carbocycles. The molecule has 1 aromatic rings. The molecule has 1 aliphatic heterocycles. The monoisotopic (exact) mass is 491 g/mol. The molecule has 2 N–H and O–H groups in total. The van der Waals surface area contributed by atoms with Crippen LogP contribution >= 0.6 is 24.0 Å². The third-order valence-corrected chi connectivity index (χ3v) is 4.20. The van der Waals surface area contributed by atoms with Crippen molar-refractivity contribution in [2.24, 2.45) is 10.9 Å². The van der Waals surface area contributed by atoms with Crippen LogP contribution in [-0.4, -0.2) is 52.6 Å². The van der Waals surface area contributed by atoms with Crippen LogP contribution in [0.15, 0.2) is 29.3 Å². The summed E-state index contributed by atoms with van der Waals surface area (Å²) in [4.78, 5) is 4.66. The van der Waals surface area contributed by atoms with Crippen molar-refractivity contribution in [2.45, 2.75) is 32.9 Å². The van der Waals surface area contributed by atoms with Gasteiger partial charge in [-0.25, -0.2) is 4.99 Å². The van der Waals surface area contributed by atoms with Crippen molar-refractivity contribution in [3.8, 4) is 0 Å². The summed E-state index contributed by atoms with van der Waals surface area (Å²) >= 11 is 0. The molecule has 1 heterocycles. The van der Waals surface area contributed by atoms with E-state index in [1.165, 1.54) is 11.1 Å². The molecule has 0 aromatic heterocycles. The Hall–Kier alpha value is -0.900. The summed E-state index contributed by atoms with van der Waals surface area (Å²) in [5.41, 5.74) is 2.35. The zero-order valence-corrected chi connectivity index (χ0v) is 18.9. The van der Waals surface area contributed by atoms with E-state index in [9.17, 15) is 0 Å². The molecule has 1 aromatic carbocycles. The molecule has 1 saturated heterocycles. The summed E-state index contributed by atoms with van der Waals surface area (Å²) in [6, 6.07) is 8.34. The lowest BCUT2D eigenvalue weighted by atomic mass is 10.1. The molecule has 27 heavy (non-hydrogen) atoms. The first-order valence-corrected chi connectivity index (χ1v) is 9.56. The maximum Gasteiger partial charge on any atom is 0.191 e. The van der Waals surface area contributed by atoms with Crippen molar-refractivity contribution < 1.29 is 14.2 Å². The largest absolute Gasteiger partial charge is 0.381 e. The van der Waals surface area contributed by atoms with Gasteiger partial charge in [-0.1, -0.05) is 24.3 Å². The molecule has 6 nitrogen and oxygen atoms in total. The Balaban J connectivity index is 0.00000364. The molecule has 0 amide bonds. The van der Waals surface area contributed by atoms with Crippen molar-refractivity contribution >= 4 is 29.9 Å². The lowest BCUT2D eigenvalue weighted by Gasteiger charge is -2.12. The number of halogens is 1. The van der Waals surface area contributed by atoms with Gasteiger partial charge in [0.25, 0.3) is 0 Å². The van der Waals surface area contributed by atoms with E-state index in [0.29, 0.717) is 19.1 Å². The first-order chi connectivity index (χ1) is 12.8. The van der Waals surface area contributed by atoms with Gasteiger partial charge < -0.3 is 24.8 Å². The normalized spacial score (nSPS) is 16.8. The average Bonchev–Trinajstić information content (AvgIpc) is 3.16. The number of aliphatic imine (C=N–C) groups is 1. The van der Waals surface area contributed by atoms with Gasteiger partial charge in [-0.05, 0) is 30.9 Å². The SMILES string of the molecule is CCNC(=NCc1cccc(COC)c1)NCCCOCC1CCOC1.I. The molecular formula is C20H34IN3O3. The van der Waals surface area contributed by atoms with E-state index in [1.807, 2.05) is 6.07 Å². The van der Waals surface area contributed by atoms with Gasteiger partial charge in [-0.15, -0.1) is 24.0 Å². The van der Waals surface area contributed by atoms with Crippen LogP contribution in [0.2, 0.25) is 0 Å². The smallest absolute Gasteiger partial charge is 0.191 e. The van der Waals surface area contributed by atoms with E-state index in [4.69, 9.17) is 14.2 Å². The molecule has 1 fully saturated rings. The van der Waals surface area contributed by atoms with Crippen molar-refractivity contribution in [3.05, 3.63) is 35.4 Å². The van der Waals surface area contributed by atoms with Crippen LogP contribution in [0.3, 0.4) is 0 Å². The van der Waals surface area contributed by atoms with Crippen molar-refractivity contribution in [1.82, 2.24) is 10.6 Å². The Kier molecular flexibility index (Phi) is 13.5. The maximum atomic E-state index is 5.73. The van der Waals surface area contributed by atoms with E-state index < -0.39 is 0 Å². The van der Waals surface area contributed by atoms with Crippen LogP contribution in [0.5, 0.6) is 0 Å². The number of guanidine groups is 1. The second-order valence-corrected chi connectivity index (χ2v) is 6.53. The number of ether oxygens (including phenoxy) is 3. The van der Waals surface area contributed by atoms with E-state index >= 15 is 0 Å². The number of benzene rings is 1. The number of hydrogen-bond donors (Lipinski definition) is 2. The molecule has 2 rings (SSSR count). The average molecular weight is 491 g/mol. The minimum atomic E-state index is 0. The minimum Gasteiger partial charge on any atom is -0.381 e. The summed E-state index contributed by atoms with van der Waals surface area (Å²) in [7, 11) is 1.71. The van der Waals surface area contributed by atoms with Crippen LogP contribution in [-0.2, 0) is 27.4 Å². The van der Waals surface area contributed by atoms with Crippen LogP contribution in [0.25, 0.3) is 0 Å². The number of nitrogens with one attached hydrogen (secondary N) is 2. The second kappa shape index (κ2) is 15.1. The van der Waals surface area contributed by atoms with Gasteiger partial charge in [-0.2, -0.15) is 0 Å². The van der Waals surface area contributed by atoms with Gasteiger partial charge in [0.05, 0.1) is 26.4 Å². The number of methoxy groups -OCH3 is 1. The van der Waals surface area contributed by atoms with Crippen LogP contribution in [0, 0.1) is 5.92 Å². The highest BCUT2D eigenvalue weighted by Gasteiger charge is 2.15. The fraction of sp³-hybridized carbons (Fsp3) is 0.650. The first kappa shape index (κ1) is 24.1. The zero-order valence-electron chi connectivity index (χ0n) is 16.5. The van der Waals surface area contributed by atoms with Gasteiger partial charge in [0.15, 0.2) is 5.96 Å². The topological polar surface area (TPSA) is 64.1 Å². The summed E-state index contributed by atoms with van der Waals surface area (Å²) < 4.78 is 16.3. The molecule has 0 spiro atoms. The number of nitrogens with zero attached hydrogens (tertiary/aromatic N) is 1. The maximum absolute atomic E-state index is 5.73. The molecule has 0 bridgehead atoms. The van der Waals surface area contributed by atoms with E-state index in [-0.39, 0.29) is 24.0 Å². The Morgan fingerprint density at radius 1 is 1.30 bits per heavy atom. The quantitative estimate of drug-likeness (QED) is 0.216. The lowest BCUT2D eigenvalue weighted by Crippen LogP contribution is -2.38. The highest BCUT2D eigenvalue weighted by atomic mass is 127. The minimum absolute atomic E-state index is 0. The fourth-order valence-electron chi connectivity index (χ4n) is 2.84. The van der Waals surface area contributed by atoms with E-state index in [1.54, 1.807) is 7.11 Å². The Morgan fingerprint density at radius 2 is 2.15 bits per heavy atom. The Morgan fingerprint density at radius 3 is 2.89 bits per heavy atom. The molecule has 1 aliphatic rings. The molecule has 1 atom stereocenters. The van der Waals surface area contributed by atoms with E-state index in [2.05, 4.69) is 40.7 Å². The summed E-state index contributed by atoms with van der Waals surface area (Å²) in [5.74, 6) is 1.42. The van der Waals surface area contributed by atoms with Gasteiger partial charge in [-0.3, -0.25) is 0 Å². The van der Waals surface area contributed by atoms with Crippen LogP contribution in [0.4, 0.5) is 0 Å². The third kappa shape index (κ3) is 10.3. The molecule has 1 unspecified atom stereocenters. The highest BCUT2D eigenvalue weighted by Crippen LogP contribution is 2.12. The Bertz CT molecular complexity index is 537. The summed E-state index contributed by atoms with van der Waals surface area (Å²) in [6.45, 7) is 8.34.